The molecule has 0 spiro atoms. The summed E-state index contributed by atoms with van der Waals surface area (Å²) in [6.07, 6.45) is 0.215. The number of thiophene rings is 1. The van der Waals surface area contributed by atoms with Crippen LogP contribution < -0.4 is 0 Å². The lowest BCUT2D eigenvalue weighted by atomic mass is 10.4. The normalized spacial score (nSPS) is 11.2. The fourth-order valence-electron chi connectivity index (χ4n) is 1.39. The molecular weight excluding hydrogens is 350 g/mol. The average Bonchev–Trinajstić information content (AvgIpc) is 2.70. The summed E-state index contributed by atoms with van der Waals surface area (Å²) in [6, 6.07) is 5.43. The molecular formula is C11H12BrN3O2S2. The molecule has 0 aliphatic rings. The van der Waals surface area contributed by atoms with Crippen LogP contribution in [0.3, 0.4) is 0 Å². The van der Waals surface area contributed by atoms with Gasteiger partial charge in [-0.15, -0.1) is 11.3 Å². The van der Waals surface area contributed by atoms with Gasteiger partial charge in [-0.25, -0.2) is 8.42 Å². The lowest BCUT2D eigenvalue weighted by Crippen LogP contribution is -2.32. The van der Waals surface area contributed by atoms with Crippen LogP contribution in [0.2, 0.25) is 0 Å². The third-order valence-electron chi connectivity index (χ3n) is 2.37. The Morgan fingerprint density at radius 1 is 1.32 bits per heavy atom. The topological polar surface area (TPSA) is 85.0 Å². The molecule has 1 aromatic rings. The molecule has 5 nitrogen and oxygen atoms in total. The van der Waals surface area contributed by atoms with E-state index in [0.29, 0.717) is 0 Å². The third kappa shape index (κ3) is 4.02. The molecule has 0 amide bonds. The van der Waals surface area contributed by atoms with Crippen molar-refractivity contribution in [2.45, 2.75) is 24.0 Å². The lowest BCUT2D eigenvalue weighted by Gasteiger charge is -2.18. The van der Waals surface area contributed by atoms with Crippen molar-refractivity contribution in [3.63, 3.8) is 0 Å². The minimum Gasteiger partial charge on any atom is -0.206 e. The first-order valence-electron chi connectivity index (χ1n) is 5.43. The van der Waals surface area contributed by atoms with E-state index < -0.39 is 10.0 Å². The quantitative estimate of drug-likeness (QED) is 0.779. The van der Waals surface area contributed by atoms with Gasteiger partial charge in [-0.3, -0.25) is 0 Å². The maximum atomic E-state index is 12.4. The van der Waals surface area contributed by atoms with E-state index in [0.717, 1.165) is 20.7 Å². The Morgan fingerprint density at radius 3 is 2.21 bits per heavy atom. The summed E-state index contributed by atoms with van der Waals surface area (Å²) in [4.78, 5) is 0. The largest absolute Gasteiger partial charge is 0.252 e. The molecule has 1 rings (SSSR count). The summed E-state index contributed by atoms with van der Waals surface area (Å²) >= 11 is 4.43. The average molecular weight is 362 g/mol. The van der Waals surface area contributed by atoms with Crippen molar-refractivity contribution in [3.8, 4) is 12.1 Å². The van der Waals surface area contributed by atoms with Crippen LogP contribution in [0.15, 0.2) is 14.1 Å². The Bertz CT molecular complexity index is 588. The summed E-state index contributed by atoms with van der Waals surface area (Å²) in [5.41, 5.74) is 0.851. The van der Waals surface area contributed by atoms with E-state index in [1.54, 1.807) is 6.07 Å². The van der Waals surface area contributed by atoms with E-state index in [4.69, 9.17) is 10.5 Å². The van der Waals surface area contributed by atoms with Crippen LogP contribution in [0.4, 0.5) is 0 Å². The summed E-state index contributed by atoms with van der Waals surface area (Å²) in [5, 5.41) is 17.2. The molecule has 0 unspecified atom stereocenters. The van der Waals surface area contributed by atoms with Gasteiger partial charge in [-0.1, -0.05) is 0 Å². The van der Waals surface area contributed by atoms with E-state index >= 15 is 0 Å². The number of rotatable bonds is 6. The maximum absolute atomic E-state index is 12.4. The summed E-state index contributed by atoms with van der Waals surface area (Å²) in [5.74, 6) is 0. The molecule has 102 valence electrons. The highest BCUT2D eigenvalue weighted by Crippen LogP contribution is 2.32. The molecule has 0 saturated heterocycles. The van der Waals surface area contributed by atoms with Crippen LogP contribution in [-0.4, -0.2) is 25.8 Å². The molecule has 0 saturated carbocycles. The number of hydrogen-bond donors (Lipinski definition) is 0. The molecule has 0 aromatic carbocycles. The second kappa shape index (κ2) is 7.01. The standard InChI is InChI=1S/C11H12BrN3O2S2/c1-9-8-10(18-11(9)12)19(16,17)15(6-2-4-13)7-3-5-14/h8H,2-3,6-7H2,1H3. The van der Waals surface area contributed by atoms with Gasteiger partial charge in [0.1, 0.15) is 4.21 Å². The Kier molecular flexibility index (Phi) is 5.95. The number of sulfonamides is 1. The van der Waals surface area contributed by atoms with Crippen molar-refractivity contribution < 1.29 is 8.42 Å². The summed E-state index contributed by atoms with van der Waals surface area (Å²) < 4.78 is 27.0. The Hall–Kier alpha value is -0.930. The SMILES string of the molecule is Cc1cc(S(=O)(=O)N(CCC#N)CCC#N)sc1Br. The second-order valence-corrected chi connectivity index (χ2v) is 8.28. The summed E-state index contributed by atoms with van der Waals surface area (Å²) in [7, 11) is -3.63. The number of nitrogens with zero attached hydrogens (tertiary/aromatic N) is 3. The van der Waals surface area contributed by atoms with Crippen molar-refractivity contribution in [2.75, 3.05) is 13.1 Å². The number of aryl methyl sites for hydroxylation is 1. The van der Waals surface area contributed by atoms with Gasteiger partial charge in [0.15, 0.2) is 0 Å². The predicted molar refractivity (Wildman–Crippen MR) is 76.0 cm³/mol. The molecule has 0 N–H and O–H groups in total. The van der Waals surface area contributed by atoms with Crippen LogP contribution in [0.5, 0.6) is 0 Å². The minimum atomic E-state index is -3.63. The van der Waals surface area contributed by atoms with Gasteiger partial charge < -0.3 is 0 Å². The first-order chi connectivity index (χ1) is 8.93. The molecule has 1 aromatic heterocycles. The molecule has 8 heteroatoms. The van der Waals surface area contributed by atoms with E-state index in [2.05, 4.69) is 15.9 Å². The molecule has 0 fully saturated rings. The highest BCUT2D eigenvalue weighted by Gasteiger charge is 2.26. The van der Waals surface area contributed by atoms with Crippen LogP contribution in [0.25, 0.3) is 0 Å². The lowest BCUT2D eigenvalue weighted by molar-refractivity contribution is 0.426. The molecule has 0 bridgehead atoms. The number of hydrogen-bond acceptors (Lipinski definition) is 5. The van der Waals surface area contributed by atoms with E-state index in [-0.39, 0.29) is 30.1 Å². The monoisotopic (exact) mass is 361 g/mol. The highest BCUT2D eigenvalue weighted by atomic mass is 79.9. The fraction of sp³-hybridized carbons (Fsp3) is 0.455. The van der Waals surface area contributed by atoms with Crippen molar-refractivity contribution >= 4 is 37.3 Å². The second-order valence-electron chi connectivity index (χ2n) is 3.74. The third-order valence-corrected chi connectivity index (χ3v) is 6.86. The smallest absolute Gasteiger partial charge is 0.206 e. The molecule has 0 aliphatic heterocycles. The molecule has 0 radical (unpaired) electrons. The van der Waals surface area contributed by atoms with Gasteiger partial charge in [0.2, 0.25) is 0 Å². The molecule has 19 heavy (non-hydrogen) atoms. The van der Waals surface area contributed by atoms with Crippen LogP contribution in [-0.2, 0) is 10.0 Å². The minimum absolute atomic E-state index is 0.106. The Labute approximate surface area is 125 Å². The predicted octanol–water partition coefficient (Wildman–Crippen LogP) is 2.64. The van der Waals surface area contributed by atoms with Gasteiger partial charge in [0.05, 0.1) is 15.9 Å². The molecule has 0 aliphatic carbocycles. The zero-order valence-electron chi connectivity index (χ0n) is 10.3. The number of nitriles is 2. The van der Waals surface area contributed by atoms with Crippen LogP contribution in [0, 0.1) is 29.6 Å². The van der Waals surface area contributed by atoms with Gasteiger partial charge in [0.25, 0.3) is 10.0 Å². The first-order valence-corrected chi connectivity index (χ1v) is 8.48. The first kappa shape index (κ1) is 16.1. The number of halogens is 1. The van der Waals surface area contributed by atoms with E-state index in [1.165, 1.54) is 4.31 Å². The Balaban J connectivity index is 3.05. The highest BCUT2D eigenvalue weighted by molar-refractivity contribution is 9.11. The zero-order valence-corrected chi connectivity index (χ0v) is 13.5. The van der Waals surface area contributed by atoms with Crippen molar-refractivity contribution in [1.82, 2.24) is 4.31 Å². The van der Waals surface area contributed by atoms with Gasteiger partial charge >= 0.3 is 0 Å². The van der Waals surface area contributed by atoms with Gasteiger partial charge in [-0.05, 0) is 34.5 Å². The van der Waals surface area contributed by atoms with Crippen molar-refractivity contribution in [1.29, 1.82) is 10.5 Å². The molecule has 1 heterocycles. The molecule has 0 atom stereocenters. The van der Waals surface area contributed by atoms with Crippen molar-refractivity contribution in [2.24, 2.45) is 0 Å². The van der Waals surface area contributed by atoms with Crippen molar-refractivity contribution in [3.05, 3.63) is 15.4 Å². The van der Waals surface area contributed by atoms with Gasteiger partial charge in [0, 0.05) is 25.9 Å². The van der Waals surface area contributed by atoms with E-state index in [9.17, 15) is 8.42 Å². The fourth-order valence-corrected chi connectivity index (χ4v) is 5.21. The van der Waals surface area contributed by atoms with E-state index in [1.807, 2.05) is 19.1 Å². The van der Waals surface area contributed by atoms with Crippen LogP contribution in [0.1, 0.15) is 18.4 Å². The zero-order chi connectivity index (χ0) is 14.5. The van der Waals surface area contributed by atoms with Gasteiger partial charge in [-0.2, -0.15) is 14.8 Å². The van der Waals surface area contributed by atoms with Crippen LogP contribution >= 0.6 is 27.3 Å². The summed E-state index contributed by atoms with van der Waals surface area (Å²) in [6.45, 7) is 2.03. The Morgan fingerprint density at radius 2 is 1.84 bits per heavy atom. The maximum Gasteiger partial charge on any atom is 0.252 e.